The fourth-order valence-corrected chi connectivity index (χ4v) is 2.58. The van der Waals surface area contributed by atoms with E-state index in [1.165, 1.54) is 12.7 Å². The number of methoxy groups -OCH3 is 1. The first-order valence-electron chi connectivity index (χ1n) is 6.12. The van der Waals surface area contributed by atoms with Crippen LogP contribution in [0.3, 0.4) is 0 Å². The van der Waals surface area contributed by atoms with E-state index >= 15 is 0 Å². The van der Waals surface area contributed by atoms with Gasteiger partial charge in [-0.1, -0.05) is 29.8 Å². The van der Waals surface area contributed by atoms with Gasteiger partial charge in [-0.05, 0) is 40.4 Å². The van der Waals surface area contributed by atoms with Crippen molar-refractivity contribution in [3.05, 3.63) is 35.4 Å². The van der Waals surface area contributed by atoms with Crippen molar-refractivity contribution < 1.29 is 9.53 Å². The molecule has 3 nitrogen and oxygen atoms in total. The summed E-state index contributed by atoms with van der Waals surface area (Å²) >= 11 is 0. The molecule has 1 atom stereocenters. The molecule has 0 aliphatic heterocycles. The van der Waals surface area contributed by atoms with Crippen molar-refractivity contribution in [3.63, 3.8) is 0 Å². The standard InChI is InChI=1S/C15H23NO2/c1-11-8-7-9-12(10-11)13(16(4)5)15(2,3)14(17)18-6/h7-10,13H,1-6H3. The number of nitrogens with zero attached hydrogens (tertiary/aromatic N) is 1. The minimum absolute atomic E-state index is 0.00940. The van der Waals surface area contributed by atoms with E-state index in [2.05, 4.69) is 30.0 Å². The van der Waals surface area contributed by atoms with Crippen molar-refractivity contribution in [1.29, 1.82) is 0 Å². The molecule has 0 aromatic heterocycles. The number of benzene rings is 1. The largest absolute Gasteiger partial charge is 0.469 e. The average molecular weight is 249 g/mol. The minimum atomic E-state index is -0.591. The number of carbonyl (C=O) groups is 1. The Labute approximate surface area is 110 Å². The van der Waals surface area contributed by atoms with E-state index < -0.39 is 5.41 Å². The molecule has 0 amide bonds. The third kappa shape index (κ3) is 2.91. The SMILES string of the molecule is COC(=O)C(C)(C)C(c1cccc(C)c1)N(C)C. The predicted octanol–water partition coefficient (Wildman–Crippen LogP) is 2.80. The number of hydrogen-bond acceptors (Lipinski definition) is 3. The molecular weight excluding hydrogens is 226 g/mol. The zero-order chi connectivity index (χ0) is 13.9. The van der Waals surface area contributed by atoms with E-state index in [0.29, 0.717) is 0 Å². The van der Waals surface area contributed by atoms with Crippen molar-refractivity contribution in [2.45, 2.75) is 26.8 Å². The van der Waals surface area contributed by atoms with E-state index in [1.54, 1.807) is 0 Å². The summed E-state index contributed by atoms with van der Waals surface area (Å²) in [6.45, 7) is 5.90. The molecule has 0 spiro atoms. The fraction of sp³-hybridized carbons (Fsp3) is 0.533. The van der Waals surface area contributed by atoms with Crippen LogP contribution in [0.1, 0.15) is 31.0 Å². The van der Waals surface area contributed by atoms with Crippen LogP contribution in [0, 0.1) is 12.3 Å². The Balaban J connectivity index is 3.22. The summed E-state index contributed by atoms with van der Waals surface area (Å²) < 4.78 is 4.93. The zero-order valence-corrected chi connectivity index (χ0v) is 12.2. The highest BCUT2D eigenvalue weighted by molar-refractivity contribution is 5.77. The third-order valence-corrected chi connectivity index (χ3v) is 3.27. The molecule has 0 fully saturated rings. The van der Waals surface area contributed by atoms with Crippen LogP contribution in [0.2, 0.25) is 0 Å². The highest BCUT2D eigenvalue weighted by atomic mass is 16.5. The van der Waals surface area contributed by atoms with E-state index in [1.807, 2.05) is 34.0 Å². The highest BCUT2D eigenvalue weighted by Gasteiger charge is 2.40. The number of hydrogen-bond donors (Lipinski definition) is 0. The molecule has 0 saturated heterocycles. The van der Waals surface area contributed by atoms with Crippen molar-refractivity contribution in [2.24, 2.45) is 5.41 Å². The Morgan fingerprint density at radius 3 is 2.39 bits per heavy atom. The Kier molecular flexibility index (Phi) is 4.52. The molecule has 18 heavy (non-hydrogen) atoms. The molecule has 1 aromatic carbocycles. The van der Waals surface area contributed by atoms with Gasteiger partial charge in [-0.15, -0.1) is 0 Å². The molecule has 0 N–H and O–H groups in total. The number of rotatable bonds is 4. The first-order chi connectivity index (χ1) is 8.30. The van der Waals surface area contributed by atoms with E-state index in [9.17, 15) is 4.79 Å². The Morgan fingerprint density at radius 2 is 1.94 bits per heavy atom. The zero-order valence-electron chi connectivity index (χ0n) is 12.2. The second-order valence-corrected chi connectivity index (χ2v) is 5.49. The lowest BCUT2D eigenvalue weighted by Gasteiger charge is -2.37. The van der Waals surface area contributed by atoms with Gasteiger partial charge >= 0.3 is 5.97 Å². The van der Waals surface area contributed by atoms with Gasteiger partial charge in [0.2, 0.25) is 0 Å². The molecule has 0 radical (unpaired) electrons. The second-order valence-electron chi connectivity index (χ2n) is 5.49. The summed E-state index contributed by atoms with van der Waals surface area (Å²) in [5.41, 5.74) is 1.74. The van der Waals surface area contributed by atoms with Gasteiger partial charge in [0, 0.05) is 6.04 Å². The van der Waals surface area contributed by atoms with Crippen molar-refractivity contribution in [3.8, 4) is 0 Å². The Bertz CT molecular complexity index is 424. The van der Waals surface area contributed by atoms with Crippen LogP contribution in [-0.4, -0.2) is 32.1 Å². The molecule has 0 bridgehead atoms. The summed E-state index contributed by atoms with van der Waals surface area (Å²) in [6.07, 6.45) is 0. The van der Waals surface area contributed by atoms with Gasteiger partial charge in [-0.2, -0.15) is 0 Å². The molecular formula is C15H23NO2. The maximum absolute atomic E-state index is 12.0. The van der Waals surface area contributed by atoms with Crippen LogP contribution < -0.4 is 0 Å². The highest BCUT2D eigenvalue weighted by Crippen LogP contribution is 2.38. The van der Waals surface area contributed by atoms with Crippen LogP contribution in [0.5, 0.6) is 0 Å². The summed E-state index contributed by atoms with van der Waals surface area (Å²) in [4.78, 5) is 14.1. The Hall–Kier alpha value is -1.35. The topological polar surface area (TPSA) is 29.5 Å². The lowest BCUT2D eigenvalue weighted by molar-refractivity contribution is -0.154. The first-order valence-corrected chi connectivity index (χ1v) is 6.12. The van der Waals surface area contributed by atoms with Gasteiger partial charge in [0.25, 0.3) is 0 Å². The first kappa shape index (κ1) is 14.7. The lowest BCUT2D eigenvalue weighted by Crippen LogP contribution is -2.40. The lowest BCUT2D eigenvalue weighted by atomic mass is 9.79. The van der Waals surface area contributed by atoms with E-state index in [-0.39, 0.29) is 12.0 Å². The number of aryl methyl sites for hydroxylation is 1. The molecule has 1 rings (SSSR count). The Morgan fingerprint density at radius 1 is 1.33 bits per heavy atom. The van der Waals surface area contributed by atoms with Gasteiger partial charge in [-0.3, -0.25) is 4.79 Å². The number of ether oxygens (including phenoxy) is 1. The predicted molar refractivity (Wildman–Crippen MR) is 73.4 cm³/mol. The van der Waals surface area contributed by atoms with Crippen LogP contribution in [0.25, 0.3) is 0 Å². The maximum Gasteiger partial charge on any atom is 0.313 e. The smallest absolute Gasteiger partial charge is 0.313 e. The van der Waals surface area contributed by atoms with Crippen molar-refractivity contribution >= 4 is 5.97 Å². The molecule has 0 heterocycles. The number of carbonyl (C=O) groups excluding carboxylic acids is 1. The molecule has 0 aliphatic carbocycles. The molecule has 3 heteroatoms. The maximum atomic E-state index is 12.0. The monoisotopic (exact) mass is 249 g/mol. The molecule has 0 saturated carbocycles. The average Bonchev–Trinajstić information content (AvgIpc) is 2.27. The molecule has 0 aliphatic rings. The third-order valence-electron chi connectivity index (χ3n) is 3.27. The van der Waals surface area contributed by atoms with Crippen LogP contribution >= 0.6 is 0 Å². The number of esters is 1. The summed E-state index contributed by atoms with van der Waals surface area (Å²) in [5.74, 6) is -0.192. The fourth-order valence-electron chi connectivity index (χ4n) is 2.58. The van der Waals surface area contributed by atoms with Crippen LogP contribution in [-0.2, 0) is 9.53 Å². The summed E-state index contributed by atoms with van der Waals surface area (Å²) in [7, 11) is 5.41. The van der Waals surface area contributed by atoms with Gasteiger partial charge in [0.15, 0.2) is 0 Å². The summed E-state index contributed by atoms with van der Waals surface area (Å²) in [5, 5.41) is 0. The van der Waals surface area contributed by atoms with Gasteiger partial charge in [0.1, 0.15) is 0 Å². The normalized spacial score (nSPS) is 13.5. The van der Waals surface area contributed by atoms with Gasteiger partial charge in [-0.25, -0.2) is 0 Å². The molecule has 100 valence electrons. The van der Waals surface area contributed by atoms with Gasteiger partial charge in [0.05, 0.1) is 12.5 Å². The summed E-state index contributed by atoms with van der Waals surface area (Å²) in [6, 6.07) is 8.25. The second kappa shape index (κ2) is 5.53. The van der Waals surface area contributed by atoms with Crippen LogP contribution in [0.4, 0.5) is 0 Å². The van der Waals surface area contributed by atoms with E-state index in [4.69, 9.17) is 4.74 Å². The van der Waals surface area contributed by atoms with Crippen LogP contribution in [0.15, 0.2) is 24.3 Å². The van der Waals surface area contributed by atoms with Crippen molar-refractivity contribution in [2.75, 3.05) is 21.2 Å². The molecule has 1 unspecified atom stereocenters. The van der Waals surface area contributed by atoms with Gasteiger partial charge < -0.3 is 9.64 Å². The molecule has 1 aromatic rings. The van der Waals surface area contributed by atoms with Crippen molar-refractivity contribution in [1.82, 2.24) is 4.90 Å². The quantitative estimate of drug-likeness (QED) is 0.768. The van der Waals surface area contributed by atoms with E-state index in [0.717, 1.165) is 5.56 Å². The minimum Gasteiger partial charge on any atom is -0.469 e.